The molecule has 0 rings (SSSR count). The monoisotopic (exact) mass is 352 g/mol. The lowest BCUT2D eigenvalue weighted by atomic mass is 10.5. The summed E-state index contributed by atoms with van der Waals surface area (Å²) in [4.78, 5) is 0. The van der Waals surface area contributed by atoms with E-state index in [1.165, 1.54) is 5.31 Å². The molecule has 5 heteroatoms. The van der Waals surface area contributed by atoms with Crippen LogP contribution in [-0.4, -0.2) is 7.11 Å². The molecule has 0 amide bonds. The van der Waals surface area contributed by atoms with E-state index in [-0.39, 0.29) is 5.33 Å². The molecule has 60 valence electrons. The minimum atomic E-state index is -0.376. The zero-order valence-electron chi connectivity index (χ0n) is 5.70. The Morgan fingerprint density at radius 3 is 2.10 bits per heavy atom. The highest BCUT2D eigenvalue weighted by atomic mass is 79.9. The van der Waals surface area contributed by atoms with Crippen LogP contribution in [-0.2, 0) is 4.74 Å². The van der Waals surface area contributed by atoms with Gasteiger partial charge in [-0.05, 0) is 53.3 Å². The van der Waals surface area contributed by atoms with Gasteiger partial charge in [0.05, 0.1) is 12.4 Å². The van der Waals surface area contributed by atoms with Gasteiger partial charge in [0, 0.05) is 5.31 Å². The number of allylic oxidation sites excluding steroid dienone is 1. The first kappa shape index (κ1) is 11.4. The quantitative estimate of drug-likeness (QED) is 0.527. The van der Waals surface area contributed by atoms with Gasteiger partial charge < -0.3 is 4.74 Å². The molecule has 0 N–H and O–H groups in total. The van der Waals surface area contributed by atoms with E-state index >= 15 is 0 Å². The average Bonchev–Trinajstić information content (AvgIpc) is 1.88. The summed E-state index contributed by atoms with van der Waals surface area (Å²) in [5, 5.41) is 0.857. The Bertz CT molecular complexity index is 135. The predicted molar refractivity (Wildman–Crippen MR) is 58.0 cm³/mol. The van der Waals surface area contributed by atoms with Crippen LogP contribution in [0.15, 0.2) is 9.98 Å². The zero-order chi connectivity index (χ0) is 8.15. The van der Waals surface area contributed by atoms with Gasteiger partial charge in [-0.3, -0.25) is 0 Å². The van der Waals surface area contributed by atoms with Gasteiger partial charge in [0.2, 0.25) is 0 Å². The first-order valence-electron chi connectivity index (χ1n) is 2.67. The molecule has 10 heavy (non-hydrogen) atoms. The number of hydrogen-bond donors (Lipinski definition) is 0. The van der Waals surface area contributed by atoms with Crippen LogP contribution in [0.2, 0.25) is 0 Å². The van der Waals surface area contributed by atoms with Crippen molar-refractivity contribution in [3.8, 4) is 0 Å². The SMILES string of the molecule is CC/C(=C(\Br)OC)P(Br)Br. The Balaban J connectivity index is 4.29. The normalized spacial score (nSPS) is 13.4. The van der Waals surface area contributed by atoms with E-state index in [0.717, 1.165) is 11.1 Å². The van der Waals surface area contributed by atoms with Crippen molar-refractivity contribution in [2.45, 2.75) is 13.3 Å². The highest BCUT2D eigenvalue weighted by molar-refractivity contribution is 9.70. The maximum absolute atomic E-state index is 5.02. The maximum atomic E-state index is 5.02. The van der Waals surface area contributed by atoms with Crippen molar-refractivity contribution in [3.63, 3.8) is 0 Å². The molecule has 0 unspecified atom stereocenters. The van der Waals surface area contributed by atoms with E-state index in [9.17, 15) is 0 Å². The molecular formula is C5H8Br3OP. The minimum absolute atomic E-state index is 0.376. The van der Waals surface area contributed by atoms with Crippen LogP contribution < -0.4 is 0 Å². The molecule has 0 saturated heterocycles. The topological polar surface area (TPSA) is 9.23 Å². The molecular weight excluding hydrogens is 347 g/mol. The van der Waals surface area contributed by atoms with Crippen molar-refractivity contribution < 1.29 is 4.74 Å². The summed E-state index contributed by atoms with van der Waals surface area (Å²) in [5.74, 6) is 0. The molecule has 0 aromatic rings. The largest absolute Gasteiger partial charge is 0.490 e. The molecule has 0 aliphatic carbocycles. The molecule has 0 aliphatic heterocycles. The van der Waals surface area contributed by atoms with E-state index < -0.39 is 0 Å². The third-order valence-electron chi connectivity index (χ3n) is 0.945. The Morgan fingerprint density at radius 1 is 1.50 bits per heavy atom. The summed E-state index contributed by atoms with van der Waals surface area (Å²) in [6, 6.07) is 0. The fourth-order valence-corrected chi connectivity index (χ4v) is 5.62. The lowest BCUT2D eigenvalue weighted by Gasteiger charge is -2.07. The number of hydrogen-bond acceptors (Lipinski definition) is 1. The lowest BCUT2D eigenvalue weighted by Crippen LogP contribution is -1.80. The van der Waals surface area contributed by atoms with Crippen LogP contribution in [0.5, 0.6) is 0 Å². The van der Waals surface area contributed by atoms with Crippen LogP contribution in [0, 0.1) is 0 Å². The second-order valence-electron chi connectivity index (χ2n) is 1.51. The van der Waals surface area contributed by atoms with Crippen LogP contribution in [0.25, 0.3) is 0 Å². The summed E-state index contributed by atoms with van der Waals surface area (Å²) in [5.41, 5.74) is 0. The van der Waals surface area contributed by atoms with Crippen molar-refractivity contribution in [1.29, 1.82) is 0 Å². The van der Waals surface area contributed by atoms with Crippen LogP contribution >= 0.6 is 52.2 Å². The molecule has 0 heterocycles. The predicted octanol–water partition coefficient (Wildman–Crippen LogP) is 4.71. The highest BCUT2D eigenvalue weighted by Gasteiger charge is 2.09. The van der Waals surface area contributed by atoms with Crippen LogP contribution in [0.3, 0.4) is 0 Å². The Kier molecular flexibility index (Phi) is 6.83. The summed E-state index contributed by atoms with van der Waals surface area (Å²) in [6.07, 6.45) is 0.983. The number of rotatable bonds is 3. The third-order valence-corrected chi connectivity index (χ3v) is 5.55. The van der Waals surface area contributed by atoms with Crippen molar-refractivity contribution in [1.82, 2.24) is 0 Å². The second-order valence-corrected chi connectivity index (χ2v) is 10.3. The molecule has 0 atom stereocenters. The van der Waals surface area contributed by atoms with E-state index in [1.54, 1.807) is 7.11 Å². The smallest absolute Gasteiger partial charge is 0.166 e. The number of ether oxygens (including phenoxy) is 1. The van der Waals surface area contributed by atoms with Crippen molar-refractivity contribution in [3.05, 3.63) is 9.98 Å². The summed E-state index contributed by atoms with van der Waals surface area (Å²) < 4.78 is 5.85. The molecule has 0 aromatic carbocycles. The van der Waals surface area contributed by atoms with E-state index in [0.29, 0.717) is 0 Å². The standard InChI is InChI=1S/C5H8Br3OP/c1-3-4(10(7)8)5(6)9-2/h3H2,1-2H3/b5-4-. The highest BCUT2D eigenvalue weighted by Crippen LogP contribution is 2.61. The van der Waals surface area contributed by atoms with E-state index in [4.69, 9.17) is 4.74 Å². The van der Waals surface area contributed by atoms with Crippen molar-refractivity contribution in [2.24, 2.45) is 0 Å². The summed E-state index contributed by atoms with van der Waals surface area (Å²) in [6.45, 7) is 2.09. The van der Waals surface area contributed by atoms with Gasteiger partial charge >= 0.3 is 0 Å². The fraction of sp³-hybridized carbons (Fsp3) is 0.600. The molecule has 0 aromatic heterocycles. The van der Waals surface area contributed by atoms with Crippen LogP contribution in [0.1, 0.15) is 13.3 Å². The Morgan fingerprint density at radius 2 is 2.00 bits per heavy atom. The molecule has 0 radical (unpaired) electrons. The molecule has 0 saturated carbocycles. The van der Waals surface area contributed by atoms with Gasteiger partial charge in [0.15, 0.2) is 4.67 Å². The van der Waals surface area contributed by atoms with Gasteiger partial charge in [-0.2, -0.15) is 0 Å². The Hall–Kier alpha value is 1.41. The van der Waals surface area contributed by atoms with Crippen molar-refractivity contribution >= 4 is 52.2 Å². The number of halogens is 3. The van der Waals surface area contributed by atoms with Gasteiger partial charge in [-0.1, -0.05) is 6.92 Å². The lowest BCUT2D eigenvalue weighted by molar-refractivity contribution is 0.325. The van der Waals surface area contributed by atoms with Crippen LogP contribution in [0.4, 0.5) is 0 Å². The van der Waals surface area contributed by atoms with E-state index in [1.807, 2.05) is 0 Å². The van der Waals surface area contributed by atoms with Crippen molar-refractivity contribution in [2.75, 3.05) is 7.11 Å². The second kappa shape index (κ2) is 5.99. The maximum Gasteiger partial charge on any atom is 0.166 e. The third kappa shape index (κ3) is 3.70. The fourth-order valence-electron chi connectivity index (χ4n) is 0.443. The van der Waals surface area contributed by atoms with Gasteiger partial charge in [-0.25, -0.2) is 0 Å². The van der Waals surface area contributed by atoms with E-state index in [2.05, 4.69) is 53.8 Å². The first-order chi connectivity index (χ1) is 4.63. The first-order valence-corrected chi connectivity index (χ1v) is 8.85. The molecule has 0 fully saturated rings. The van der Waals surface area contributed by atoms with Gasteiger partial charge in [0.25, 0.3) is 0 Å². The van der Waals surface area contributed by atoms with Gasteiger partial charge in [0.1, 0.15) is 0 Å². The molecule has 0 aliphatic rings. The average molecular weight is 355 g/mol. The minimum Gasteiger partial charge on any atom is -0.490 e. The zero-order valence-corrected chi connectivity index (χ0v) is 11.3. The number of methoxy groups -OCH3 is 1. The summed E-state index contributed by atoms with van der Waals surface area (Å²) in [7, 11) is 1.65. The van der Waals surface area contributed by atoms with Gasteiger partial charge in [-0.15, -0.1) is 0 Å². The Labute approximate surface area is 86.9 Å². The molecule has 1 nitrogen and oxygen atoms in total. The summed E-state index contributed by atoms with van der Waals surface area (Å²) >= 11 is 10.2. The molecule has 0 spiro atoms. The molecule has 0 bridgehead atoms.